The summed E-state index contributed by atoms with van der Waals surface area (Å²) in [5.41, 5.74) is 5.87. The van der Waals surface area contributed by atoms with Gasteiger partial charge in [0.1, 0.15) is 17.0 Å². The minimum Gasteiger partial charge on any atom is -0.480 e. The standard InChI is InChI=1S/C18H20N2O3/c19-18(17(21)22)10-12-20(13-11-18)14-6-8-16(9-7-14)23-15-4-2-1-3-5-15/h1-9H,10-13,19H2,(H,21,22). The summed E-state index contributed by atoms with van der Waals surface area (Å²) in [4.78, 5) is 13.3. The molecule has 0 aromatic heterocycles. The van der Waals surface area contributed by atoms with Gasteiger partial charge in [-0.1, -0.05) is 18.2 Å². The Balaban J connectivity index is 1.63. The van der Waals surface area contributed by atoms with E-state index in [1.807, 2.05) is 54.6 Å². The largest absolute Gasteiger partial charge is 0.480 e. The highest BCUT2D eigenvalue weighted by Crippen LogP contribution is 2.28. The minimum atomic E-state index is -1.09. The van der Waals surface area contributed by atoms with E-state index in [0.29, 0.717) is 25.9 Å². The summed E-state index contributed by atoms with van der Waals surface area (Å²) in [6.45, 7) is 1.28. The highest BCUT2D eigenvalue weighted by Gasteiger charge is 2.37. The number of hydrogen-bond donors (Lipinski definition) is 2. The quantitative estimate of drug-likeness (QED) is 0.908. The Morgan fingerprint density at radius 1 is 1.00 bits per heavy atom. The number of carboxylic acids is 1. The molecule has 0 spiro atoms. The molecule has 1 heterocycles. The van der Waals surface area contributed by atoms with Gasteiger partial charge >= 0.3 is 5.97 Å². The molecule has 0 bridgehead atoms. The number of nitrogens with two attached hydrogens (primary N) is 1. The molecular weight excluding hydrogens is 292 g/mol. The first-order valence-corrected chi connectivity index (χ1v) is 7.67. The lowest BCUT2D eigenvalue weighted by Gasteiger charge is -2.37. The number of carboxylic acid groups (broad SMARTS) is 1. The highest BCUT2D eigenvalue weighted by molar-refractivity contribution is 5.79. The second kappa shape index (κ2) is 6.30. The zero-order valence-corrected chi connectivity index (χ0v) is 12.8. The lowest BCUT2D eigenvalue weighted by atomic mass is 9.88. The van der Waals surface area contributed by atoms with Crippen LogP contribution in [0.5, 0.6) is 11.5 Å². The molecule has 1 aliphatic rings. The lowest BCUT2D eigenvalue weighted by Crippen LogP contribution is -2.55. The summed E-state index contributed by atoms with van der Waals surface area (Å²) in [6, 6.07) is 17.4. The van der Waals surface area contributed by atoms with Gasteiger partial charge in [0.2, 0.25) is 0 Å². The van der Waals surface area contributed by atoms with Crippen molar-refractivity contribution in [2.75, 3.05) is 18.0 Å². The molecule has 2 aromatic rings. The Kier molecular flexibility index (Phi) is 4.21. The first-order chi connectivity index (χ1) is 11.1. The number of para-hydroxylation sites is 1. The SMILES string of the molecule is NC1(C(=O)O)CCN(c2ccc(Oc3ccccc3)cc2)CC1. The van der Waals surface area contributed by atoms with Gasteiger partial charge < -0.3 is 20.5 Å². The van der Waals surface area contributed by atoms with E-state index in [9.17, 15) is 9.90 Å². The Bertz CT molecular complexity index is 662. The summed E-state index contributed by atoms with van der Waals surface area (Å²) in [5, 5.41) is 9.17. The molecule has 1 aliphatic heterocycles. The third kappa shape index (κ3) is 3.46. The van der Waals surface area contributed by atoms with Gasteiger partial charge in [0.15, 0.2) is 0 Å². The second-order valence-electron chi connectivity index (χ2n) is 5.86. The molecule has 2 aromatic carbocycles. The van der Waals surface area contributed by atoms with Gasteiger partial charge in [0.25, 0.3) is 0 Å². The molecular formula is C18H20N2O3. The molecule has 0 amide bonds. The van der Waals surface area contributed by atoms with E-state index in [4.69, 9.17) is 10.5 Å². The third-order valence-corrected chi connectivity index (χ3v) is 4.26. The summed E-state index contributed by atoms with van der Waals surface area (Å²) in [7, 11) is 0. The van der Waals surface area contributed by atoms with E-state index in [1.54, 1.807) is 0 Å². The maximum atomic E-state index is 11.2. The number of carbonyl (C=O) groups is 1. The van der Waals surface area contributed by atoms with Crippen LogP contribution in [0, 0.1) is 0 Å². The van der Waals surface area contributed by atoms with Crippen LogP contribution in [-0.4, -0.2) is 29.7 Å². The maximum absolute atomic E-state index is 11.2. The van der Waals surface area contributed by atoms with Crippen molar-refractivity contribution in [3.05, 3.63) is 54.6 Å². The number of rotatable bonds is 4. The number of anilines is 1. The molecule has 5 nitrogen and oxygen atoms in total. The van der Waals surface area contributed by atoms with E-state index in [2.05, 4.69) is 4.90 Å². The van der Waals surface area contributed by atoms with Crippen molar-refractivity contribution in [2.45, 2.75) is 18.4 Å². The van der Waals surface area contributed by atoms with Crippen molar-refractivity contribution < 1.29 is 14.6 Å². The van der Waals surface area contributed by atoms with E-state index in [1.165, 1.54) is 0 Å². The summed E-state index contributed by atoms with van der Waals surface area (Å²) in [6.07, 6.45) is 0.898. The summed E-state index contributed by atoms with van der Waals surface area (Å²) >= 11 is 0. The van der Waals surface area contributed by atoms with Crippen molar-refractivity contribution in [3.63, 3.8) is 0 Å². The lowest BCUT2D eigenvalue weighted by molar-refractivity contribution is -0.144. The first-order valence-electron chi connectivity index (χ1n) is 7.67. The Morgan fingerprint density at radius 3 is 2.13 bits per heavy atom. The van der Waals surface area contributed by atoms with E-state index in [0.717, 1.165) is 17.2 Å². The van der Waals surface area contributed by atoms with Crippen molar-refractivity contribution in [1.29, 1.82) is 0 Å². The van der Waals surface area contributed by atoms with Gasteiger partial charge in [-0.15, -0.1) is 0 Å². The van der Waals surface area contributed by atoms with Crippen LogP contribution in [-0.2, 0) is 4.79 Å². The average Bonchev–Trinajstić information content (AvgIpc) is 2.57. The number of aliphatic carboxylic acids is 1. The van der Waals surface area contributed by atoms with E-state index in [-0.39, 0.29) is 0 Å². The number of nitrogens with zero attached hydrogens (tertiary/aromatic N) is 1. The summed E-state index contributed by atoms with van der Waals surface area (Å²) in [5.74, 6) is 0.659. The Morgan fingerprint density at radius 2 is 1.57 bits per heavy atom. The van der Waals surface area contributed by atoms with Gasteiger partial charge in [0.05, 0.1) is 0 Å². The van der Waals surface area contributed by atoms with Crippen LogP contribution in [0.25, 0.3) is 0 Å². The van der Waals surface area contributed by atoms with Crippen molar-refractivity contribution >= 4 is 11.7 Å². The smallest absolute Gasteiger partial charge is 0.323 e. The fraction of sp³-hybridized carbons (Fsp3) is 0.278. The van der Waals surface area contributed by atoms with E-state index >= 15 is 0 Å². The van der Waals surface area contributed by atoms with Crippen LogP contribution >= 0.6 is 0 Å². The fourth-order valence-corrected chi connectivity index (χ4v) is 2.73. The van der Waals surface area contributed by atoms with Gasteiger partial charge in [-0.05, 0) is 49.2 Å². The molecule has 120 valence electrons. The van der Waals surface area contributed by atoms with E-state index < -0.39 is 11.5 Å². The van der Waals surface area contributed by atoms with Crippen molar-refractivity contribution in [1.82, 2.24) is 0 Å². The van der Waals surface area contributed by atoms with Gasteiger partial charge in [0, 0.05) is 18.8 Å². The predicted octanol–water partition coefficient (Wildman–Crippen LogP) is 2.86. The zero-order valence-electron chi connectivity index (χ0n) is 12.8. The molecule has 0 saturated carbocycles. The average molecular weight is 312 g/mol. The molecule has 3 N–H and O–H groups in total. The molecule has 1 saturated heterocycles. The van der Waals surface area contributed by atoms with Gasteiger partial charge in [-0.3, -0.25) is 4.79 Å². The van der Waals surface area contributed by atoms with Crippen LogP contribution in [0.4, 0.5) is 5.69 Å². The number of piperidine rings is 1. The number of ether oxygens (including phenoxy) is 1. The molecule has 1 fully saturated rings. The van der Waals surface area contributed by atoms with Crippen LogP contribution in [0.3, 0.4) is 0 Å². The first kappa shape index (κ1) is 15.4. The zero-order chi connectivity index (χ0) is 16.3. The Labute approximate surface area is 135 Å². The number of benzene rings is 2. The van der Waals surface area contributed by atoms with Crippen LogP contribution < -0.4 is 15.4 Å². The van der Waals surface area contributed by atoms with Crippen molar-refractivity contribution in [3.8, 4) is 11.5 Å². The van der Waals surface area contributed by atoms with Crippen LogP contribution in [0.15, 0.2) is 54.6 Å². The third-order valence-electron chi connectivity index (χ3n) is 4.26. The molecule has 0 atom stereocenters. The highest BCUT2D eigenvalue weighted by atomic mass is 16.5. The fourth-order valence-electron chi connectivity index (χ4n) is 2.73. The molecule has 3 rings (SSSR count). The number of hydrogen-bond acceptors (Lipinski definition) is 4. The molecule has 0 unspecified atom stereocenters. The second-order valence-corrected chi connectivity index (χ2v) is 5.86. The maximum Gasteiger partial charge on any atom is 0.323 e. The predicted molar refractivity (Wildman–Crippen MR) is 89.0 cm³/mol. The molecule has 0 radical (unpaired) electrons. The van der Waals surface area contributed by atoms with Crippen LogP contribution in [0.2, 0.25) is 0 Å². The topological polar surface area (TPSA) is 75.8 Å². The molecule has 23 heavy (non-hydrogen) atoms. The van der Waals surface area contributed by atoms with Crippen molar-refractivity contribution in [2.24, 2.45) is 5.73 Å². The normalized spacial score (nSPS) is 16.8. The molecule has 0 aliphatic carbocycles. The minimum absolute atomic E-state index is 0.449. The van der Waals surface area contributed by atoms with Gasteiger partial charge in [-0.25, -0.2) is 0 Å². The Hall–Kier alpha value is -2.53. The molecule has 5 heteroatoms. The monoisotopic (exact) mass is 312 g/mol. The van der Waals surface area contributed by atoms with Gasteiger partial charge in [-0.2, -0.15) is 0 Å². The summed E-state index contributed by atoms with van der Waals surface area (Å²) < 4.78 is 5.77. The van der Waals surface area contributed by atoms with Crippen LogP contribution in [0.1, 0.15) is 12.8 Å².